The Morgan fingerprint density at radius 2 is 1.09 bits per heavy atom. The number of aliphatic carboxylic acids is 2. The average Bonchev–Trinajstić information content (AvgIpc) is 3.03. The number of carboxylic acid groups (broad SMARTS) is 2. The molecule has 5 N–H and O–H groups in total. The second kappa shape index (κ2) is 18.1. The van der Waals surface area contributed by atoms with Gasteiger partial charge in [0.2, 0.25) is 0 Å². The molecule has 10 nitrogen and oxygen atoms in total. The first-order chi connectivity index (χ1) is 22.4. The third kappa shape index (κ3) is 11.8. The number of halogens is 4. The minimum atomic E-state index is -1.14. The van der Waals surface area contributed by atoms with Crippen molar-refractivity contribution in [1.82, 2.24) is 5.32 Å². The van der Waals surface area contributed by atoms with Crippen LogP contribution in [0.15, 0.2) is 72.8 Å². The number of nitrogens with one attached hydrogen (secondary N) is 3. The molecule has 47 heavy (non-hydrogen) atoms. The van der Waals surface area contributed by atoms with Gasteiger partial charge in [-0.15, -0.1) is 0 Å². The van der Waals surface area contributed by atoms with E-state index in [2.05, 4.69) is 16.0 Å². The first-order valence-corrected chi connectivity index (χ1v) is 15.4. The van der Waals surface area contributed by atoms with Gasteiger partial charge in [-0.3, -0.25) is 14.4 Å². The SMILES string of the molecule is CNc1cccc(COc2c(Cl)cc(C(=O)NCC(=O)O)cc2Cl)c1.CNc1cccc(COc2c(Cl)cc(CC(=O)O)cc2Cl)c1. The van der Waals surface area contributed by atoms with Crippen LogP contribution in [-0.2, 0) is 29.2 Å². The summed E-state index contributed by atoms with van der Waals surface area (Å²) in [5, 5.41) is 26.6. The van der Waals surface area contributed by atoms with Crippen molar-refractivity contribution in [2.75, 3.05) is 31.3 Å². The third-order valence-corrected chi connectivity index (χ3v) is 7.39. The molecule has 4 aromatic rings. The topological polar surface area (TPSA) is 146 Å². The van der Waals surface area contributed by atoms with Gasteiger partial charge in [-0.2, -0.15) is 0 Å². The molecule has 4 rings (SSSR count). The van der Waals surface area contributed by atoms with Crippen LogP contribution in [0.2, 0.25) is 20.1 Å². The second-order valence-corrected chi connectivity index (χ2v) is 11.4. The summed E-state index contributed by atoms with van der Waals surface area (Å²) < 4.78 is 11.3. The molecule has 0 spiro atoms. The number of rotatable bonds is 13. The lowest BCUT2D eigenvalue weighted by Crippen LogP contribution is -2.29. The van der Waals surface area contributed by atoms with Crippen LogP contribution in [0.3, 0.4) is 0 Å². The number of benzene rings is 4. The van der Waals surface area contributed by atoms with E-state index in [1.54, 1.807) is 12.1 Å². The van der Waals surface area contributed by atoms with Crippen LogP contribution in [0.5, 0.6) is 11.5 Å². The number of carboxylic acids is 2. The minimum Gasteiger partial charge on any atom is -0.486 e. The highest BCUT2D eigenvalue weighted by molar-refractivity contribution is 6.38. The molecule has 0 saturated heterocycles. The molecule has 0 fully saturated rings. The monoisotopic (exact) mass is 721 g/mol. The van der Waals surface area contributed by atoms with Gasteiger partial charge in [0.15, 0.2) is 11.5 Å². The van der Waals surface area contributed by atoms with Crippen molar-refractivity contribution < 1.29 is 34.1 Å². The molecular weight excluding hydrogens is 692 g/mol. The summed E-state index contributed by atoms with van der Waals surface area (Å²) in [4.78, 5) is 33.1. The van der Waals surface area contributed by atoms with Gasteiger partial charge in [0, 0.05) is 31.0 Å². The van der Waals surface area contributed by atoms with Crippen molar-refractivity contribution in [3.05, 3.63) is 115 Å². The van der Waals surface area contributed by atoms with E-state index in [0.717, 1.165) is 22.5 Å². The summed E-state index contributed by atoms with van der Waals surface area (Å²) >= 11 is 24.6. The zero-order chi connectivity index (χ0) is 34.5. The molecule has 0 aliphatic heterocycles. The van der Waals surface area contributed by atoms with Crippen LogP contribution in [0.4, 0.5) is 11.4 Å². The first-order valence-electron chi connectivity index (χ1n) is 13.9. The summed E-state index contributed by atoms with van der Waals surface area (Å²) in [6.45, 7) is 0.0703. The predicted octanol–water partition coefficient (Wildman–Crippen LogP) is 7.67. The van der Waals surface area contributed by atoms with E-state index in [4.69, 9.17) is 66.1 Å². The van der Waals surface area contributed by atoms with Crippen molar-refractivity contribution in [1.29, 1.82) is 0 Å². The molecule has 4 aromatic carbocycles. The summed E-state index contributed by atoms with van der Waals surface area (Å²) in [6, 6.07) is 21.3. The number of hydrogen-bond acceptors (Lipinski definition) is 7. The number of amides is 1. The smallest absolute Gasteiger partial charge is 0.322 e. The Kier molecular flexibility index (Phi) is 14.3. The van der Waals surface area contributed by atoms with Crippen LogP contribution in [0.1, 0.15) is 27.0 Å². The molecule has 0 aliphatic carbocycles. The van der Waals surface area contributed by atoms with E-state index < -0.39 is 24.4 Å². The van der Waals surface area contributed by atoms with Gasteiger partial charge in [0.1, 0.15) is 19.8 Å². The van der Waals surface area contributed by atoms with Crippen molar-refractivity contribution in [2.24, 2.45) is 0 Å². The van der Waals surface area contributed by atoms with Crippen molar-refractivity contribution in [3.8, 4) is 11.5 Å². The molecule has 0 unspecified atom stereocenters. The van der Waals surface area contributed by atoms with Gasteiger partial charge < -0.3 is 35.6 Å². The maximum absolute atomic E-state index is 11.9. The summed E-state index contributed by atoms with van der Waals surface area (Å²) in [5.41, 5.74) is 4.50. The number of ether oxygens (including phenoxy) is 2. The van der Waals surface area contributed by atoms with Gasteiger partial charge in [0.25, 0.3) is 5.91 Å². The molecule has 0 bridgehead atoms. The molecule has 0 heterocycles. The standard InChI is InChI=1S/C17H16Cl2N2O4.C16H15Cl2NO3/c1-20-12-4-2-3-10(5-12)9-25-16-13(18)6-11(7-14(16)19)17(24)21-8-15(22)23;1-19-12-4-2-3-10(5-12)9-22-16-13(17)6-11(7-14(16)18)8-15(20)21/h2-7,20H,8-9H2,1H3,(H,21,24)(H,22,23);2-7,19H,8-9H2,1H3,(H,20,21). The highest BCUT2D eigenvalue weighted by Gasteiger charge is 2.15. The quantitative estimate of drug-likeness (QED) is 0.0938. The Morgan fingerprint density at radius 1 is 0.638 bits per heavy atom. The van der Waals surface area contributed by atoms with Crippen molar-refractivity contribution >= 4 is 75.6 Å². The maximum Gasteiger partial charge on any atom is 0.322 e. The fourth-order valence-electron chi connectivity index (χ4n) is 4.06. The number of hydrogen-bond donors (Lipinski definition) is 5. The normalized spacial score (nSPS) is 10.3. The Morgan fingerprint density at radius 3 is 1.49 bits per heavy atom. The Labute approximate surface area is 291 Å². The molecule has 0 radical (unpaired) electrons. The lowest BCUT2D eigenvalue weighted by molar-refractivity contribution is -0.137. The average molecular weight is 723 g/mol. The predicted molar refractivity (Wildman–Crippen MR) is 185 cm³/mol. The van der Waals surface area contributed by atoms with Crippen LogP contribution >= 0.6 is 46.4 Å². The van der Waals surface area contributed by atoms with Crippen LogP contribution < -0.4 is 25.4 Å². The van der Waals surface area contributed by atoms with Crippen LogP contribution in [-0.4, -0.2) is 48.7 Å². The van der Waals surface area contributed by atoms with E-state index in [1.807, 2.05) is 62.6 Å². The number of carbonyl (C=O) groups excluding carboxylic acids is 1. The second-order valence-electron chi connectivity index (χ2n) is 9.78. The summed E-state index contributed by atoms with van der Waals surface area (Å²) in [6.07, 6.45) is -0.135. The van der Waals surface area contributed by atoms with Gasteiger partial charge >= 0.3 is 11.9 Å². The molecule has 248 valence electrons. The molecule has 0 saturated carbocycles. The van der Waals surface area contributed by atoms with E-state index in [-0.39, 0.29) is 34.4 Å². The number of carbonyl (C=O) groups is 3. The zero-order valence-corrected chi connectivity index (χ0v) is 28.2. The lowest BCUT2D eigenvalue weighted by atomic mass is 10.1. The van der Waals surface area contributed by atoms with E-state index in [0.29, 0.717) is 28.0 Å². The largest absolute Gasteiger partial charge is 0.486 e. The molecule has 0 atom stereocenters. The molecule has 14 heteroatoms. The van der Waals surface area contributed by atoms with Crippen LogP contribution in [0, 0.1) is 0 Å². The molecule has 1 amide bonds. The first kappa shape index (κ1) is 37.1. The van der Waals surface area contributed by atoms with E-state index in [9.17, 15) is 14.4 Å². The summed E-state index contributed by atoms with van der Waals surface area (Å²) in [7, 11) is 3.66. The van der Waals surface area contributed by atoms with Gasteiger partial charge in [-0.25, -0.2) is 0 Å². The Hall–Kier alpha value is -4.35. The lowest BCUT2D eigenvalue weighted by Gasteiger charge is -2.12. The molecular formula is C33H31Cl4N3O7. The zero-order valence-electron chi connectivity index (χ0n) is 25.2. The van der Waals surface area contributed by atoms with Crippen LogP contribution in [0.25, 0.3) is 0 Å². The van der Waals surface area contributed by atoms with Crippen molar-refractivity contribution in [2.45, 2.75) is 19.6 Å². The third-order valence-electron chi connectivity index (χ3n) is 6.27. The molecule has 0 aliphatic rings. The van der Waals surface area contributed by atoms with E-state index >= 15 is 0 Å². The minimum absolute atomic E-state index is 0.135. The fourth-order valence-corrected chi connectivity index (χ4v) is 5.30. The van der Waals surface area contributed by atoms with Crippen molar-refractivity contribution in [3.63, 3.8) is 0 Å². The maximum atomic E-state index is 11.9. The Bertz CT molecular complexity index is 1690. The summed E-state index contributed by atoms with van der Waals surface area (Å²) in [5.74, 6) is -2.06. The van der Waals surface area contributed by atoms with Gasteiger partial charge in [-0.1, -0.05) is 70.7 Å². The fraction of sp³-hybridized carbons (Fsp3) is 0.182. The van der Waals surface area contributed by atoms with Gasteiger partial charge in [0.05, 0.1) is 26.5 Å². The van der Waals surface area contributed by atoms with E-state index in [1.165, 1.54) is 12.1 Å². The van der Waals surface area contributed by atoms with Gasteiger partial charge in [-0.05, 0) is 65.2 Å². The highest BCUT2D eigenvalue weighted by Crippen LogP contribution is 2.36. The molecule has 0 aromatic heterocycles. The highest BCUT2D eigenvalue weighted by atomic mass is 35.5. The Balaban J connectivity index is 0.000000257. The number of anilines is 2.